The Bertz CT molecular complexity index is 1380. The zero-order valence-corrected chi connectivity index (χ0v) is 22.9. The molecule has 6 heteroatoms. The van der Waals surface area contributed by atoms with Crippen LogP contribution in [0, 0.1) is 0 Å². The van der Waals surface area contributed by atoms with Crippen LogP contribution in [0.2, 0.25) is 0 Å². The standard InChI is InChI=1S/C33H36N4O2/c1-24(2)26-12-14-27(15-13-26)32-29(10-7-11-30(32)39-3)33(38)35-28-16-17-31(34-22-28)37-20-18-36(19-21-37)23-25-8-5-4-6-9-25/h4-17,22,24H,18-21,23H2,1-3H3,(H,35,38). The number of amides is 1. The lowest BCUT2D eigenvalue weighted by molar-refractivity contribution is 0.102. The molecule has 6 nitrogen and oxygen atoms in total. The molecule has 0 unspecified atom stereocenters. The van der Waals surface area contributed by atoms with Crippen molar-refractivity contribution in [3.05, 3.63) is 108 Å². The van der Waals surface area contributed by atoms with E-state index in [4.69, 9.17) is 4.74 Å². The predicted molar refractivity (Wildman–Crippen MR) is 159 cm³/mol. The van der Waals surface area contributed by atoms with Crippen molar-refractivity contribution < 1.29 is 9.53 Å². The van der Waals surface area contributed by atoms with Gasteiger partial charge >= 0.3 is 0 Å². The number of methoxy groups -OCH3 is 1. The molecule has 0 aliphatic carbocycles. The monoisotopic (exact) mass is 520 g/mol. The summed E-state index contributed by atoms with van der Waals surface area (Å²) >= 11 is 0. The Hall–Kier alpha value is -4.16. The summed E-state index contributed by atoms with van der Waals surface area (Å²) < 4.78 is 5.64. The van der Waals surface area contributed by atoms with Gasteiger partial charge in [-0.05, 0) is 46.9 Å². The average Bonchev–Trinajstić information content (AvgIpc) is 2.98. The van der Waals surface area contributed by atoms with Crippen LogP contribution < -0.4 is 15.0 Å². The van der Waals surface area contributed by atoms with E-state index in [1.165, 1.54) is 11.1 Å². The third kappa shape index (κ3) is 6.29. The summed E-state index contributed by atoms with van der Waals surface area (Å²) in [4.78, 5) is 22.9. The van der Waals surface area contributed by atoms with Crippen molar-refractivity contribution in [3.63, 3.8) is 0 Å². The van der Waals surface area contributed by atoms with Gasteiger partial charge in [-0.15, -0.1) is 0 Å². The second-order valence-corrected chi connectivity index (χ2v) is 10.3. The molecule has 4 aromatic rings. The molecule has 1 fully saturated rings. The average molecular weight is 521 g/mol. The zero-order valence-electron chi connectivity index (χ0n) is 22.9. The Balaban J connectivity index is 1.25. The van der Waals surface area contributed by atoms with Gasteiger partial charge in [-0.25, -0.2) is 4.98 Å². The van der Waals surface area contributed by atoms with Crippen molar-refractivity contribution in [1.29, 1.82) is 0 Å². The van der Waals surface area contributed by atoms with E-state index >= 15 is 0 Å². The fourth-order valence-electron chi connectivity index (χ4n) is 5.05. The molecule has 0 radical (unpaired) electrons. The number of anilines is 2. The highest BCUT2D eigenvalue weighted by molar-refractivity contribution is 6.09. The summed E-state index contributed by atoms with van der Waals surface area (Å²) in [6.45, 7) is 9.14. The van der Waals surface area contributed by atoms with Gasteiger partial charge < -0.3 is 15.0 Å². The van der Waals surface area contributed by atoms with Crippen LogP contribution in [0.1, 0.15) is 41.3 Å². The van der Waals surface area contributed by atoms with Crippen molar-refractivity contribution in [2.45, 2.75) is 26.3 Å². The summed E-state index contributed by atoms with van der Waals surface area (Å²) in [6, 6.07) is 28.4. The third-order valence-corrected chi connectivity index (χ3v) is 7.31. The first-order valence-corrected chi connectivity index (χ1v) is 13.6. The second kappa shape index (κ2) is 12.1. The van der Waals surface area contributed by atoms with Crippen LogP contribution in [0.5, 0.6) is 5.75 Å². The topological polar surface area (TPSA) is 57.7 Å². The molecule has 1 aliphatic rings. The largest absolute Gasteiger partial charge is 0.496 e. The summed E-state index contributed by atoms with van der Waals surface area (Å²) in [5.74, 6) is 1.84. The van der Waals surface area contributed by atoms with E-state index in [1.54, 1.807) is 13.3 Å². The summed E-state index contributed by atoms with van der Waals surface area (Å²) in [5, 5.41) is 3.03. The Kier molecular flexibility index (Phi) is 8.23. The molecule has 1 N–H and O–H groups in total. The Morgan fingerprint density at radius 3 is 2.28 bits per heavy atom. The highest BCUT2D eigenvalue weighted by atomic mass is 16.5. The highest BCUT2D eigenvalue weighted by Crippen LogP contribution is 2.34. The van der Waals surface area contributed by atoms with Gasteiger partial charge in [0.1, 0.15) is 11.6 Å². The number of ether oxygens (including phenoxy) is 1. The molecule has 0 saturated carbocycles. The summed E-state index contributed by atoms with van der Waals surface area (Å²) in [6.07, 6.45) is 1.74. The minimum Gasteiger partial charge on any atom is -0.496 e. The number of hydrogen-bond donors (Lipinski definition) is 1. The molecule has 1 aliphatic heterocycles. The summed E-state index contributed by atoms with van der Waals surface area (Å²) in [7, 11) is 1.63. The Morgan fingerprint density at radius 1 is 0.897 bits per heavy atom. The van der Waals surface area contributed by atoms with Crippen molar-refractivity contribution in [2.75, 3.05) is 43.5 Å². The van der Waals surface area contributed by atoms with Gasteiger partial charge in [-0.1, -0.05) is 74.5 Å². The molecule has 3 aromatic carbocycles. The minimum absolute atomic E-state index is 0.194. The number of nitrogens with one attached hydrogen (secondary N) is 1. The minimum atomic E-state index is -0.194. The number of benzene rings is 3. The molecule has 0 bridgehead atoms. The van der Waals surface area contributed by atoms with E-state index in [-0.39, 0.29) is 5.91 Å². The zero-order chi connectivity index (χ0) is 27.2. The SMILES string of the molecule is COc1cccc(C(=O)Nc2ccc(N3CCN(Cc4ccccc4)CC3)nc2)c1-c1ccc(C(C)C)cc1. The van der Waals surface area contributed by atoms with E-state index in [2.05, 4.69) is 88.5 Å². The first-order chi connectivity index (χ1) is 19.0. The number of carbonyl (C=O) groups excluding carboxylic acids is 1. The van der Waals surface area contributed by atoms with Crippen LogP contribution in [0.25, 0.3) is 11.1 Å². The van der Waals surface area contributed by atoms with Crippen molar-refractivity contribution >= 4 is 17.4 Å². The van der Waals surface area contributed by atoms with E-state index in [1.807, 2.05) is 30.3 Å². The predicted octanol–water partition coefficient (Wildman–Crippen LogP) is 6.46. The van der Waals surface area contributed by atoms with Gasteiger partial charge in [0.25, 0.3) is 5.91 Å². The van der Waals surface area contributed by atoms with Gasteiger partial charge in [0.15, 0.2) is 0 Å². The second-order valence-electron chi connectivity index (χ2n) is 10.3. The lowest BCUT2D eigenvalue weighted by atomic mass is 9.95. The molecule has 1 saturated heterocycles. The molecule has 0 atom stereocenters. The molecule has 5 rings (SSSR count). The maximum absolute atomic E-state index is 13.4. The number of carbonyl (C=O) groups is 1. The number of nitrogens with zero attached hydrogens (tertiary/aromatic N) is 3. The van der Waals surface area contributed by atoms with E-state index in [9.17, 15) is 4.79 Å². The molecule has 200 valence electrons. The van der Waals surface area contributed by atoms with Crippen LogP contribution >= 0.6 is 0 Å². The highest BCUT2D eigenvalue weighted by Gasteiger charge is 2.20. The van der Waals surface area contributed by atoms with Crippen LogP contribution in [-0.2, 0) is 6.54 Å². The lowest BCUT2D eigenvalue weighted by Gasteiger charge is -2.35. The number of aromatic nitrogens is 1. The number of hydrogen-bond acceptors (Lipinski definition) is 5. The van der Waals surface area contributed by atoms with E-state index in [0.29, 0.717) is 22.9 Å². The Morgan fingerprint density at radius 2 is 1.64 bits per heavy atom. The van der Waals surface area contributed by atoms with Crippen molar-refractivity contribution in [2.24, 2.45) is 0 Å². The first kappa shape index (κ1) is 26.4. The molecule has 1 aromatic heterocycles. The van der Waals surface area contributed by atoms with E-state index < -0.39 is 0 Å². The number of rotatable bonds is 8. The third-order valence-electron chi connectivity index (χ3n) is 7.31. The van der Waals surface area contributed by atoms with E-state index in [0.717, 1.165) is 49.7 Å². The molecule has 1 amide bonds. The smallest absolute Gasteiger partial charge is 0.256 e. The quantitative estimate of drug-likeness (QED) is 0.289. The number of piperazine rings is 1. The molecule has 2 heterocycles. The summed E-state index contributed by atoms with van der Waals surface area (Å²) in [5.41, 5.74) is 5.55. The first-order valence-electron chi connectivity index (χ1n) is 13.6. The molecule has 39 heavy (non-hydrogen) atoms. The van der Waals surface area contributed by atoms with Gasteiger partial charge in [-0.3, -0.25) is 9.69 Å². The van der Waals surface area contributed by atoms with Crippen LogP contribution in [-0.4, -0.2) is 49.1 Å². The van der Waals surface area contributed by atoms with Gasteiger partial charge in [0, 0.05) is 38.3 Å². The molecular weight excluding hydrogens is 484 g/mol. The van der Waals surface area contributed by atoms with Crippen LogP contribution in [0.15, 0.2) is 91.1 Å². The normalized spacial score (nSPS) is 13.9. The Labute approximate surface area is 231 Å². The maximum atomic E-state index is 13.4. The fraction of sp³-hybridized carbons (Fsp3) is 0.273. The van der Waals surface area contributed by atoms with Crippen molar-refractivity contribution in [3.8, 4) is 16.9 Å². The van der Waals surface area contributed by atoms with Crippen LogP contribution in [0.4, 0.5) is 11.5 Å². The maximum Gasteiger partial charge on any atom is 0.256 e. The van der Waals surface area contributed by atoms with Crippen LogP contribution in [0.3, 0.4) is 0 Å². The fourth-order valence-corrected chi connectivity index (χ4v) is 5.05. The molecule has 0 spiro atoms. The lowest BCUT2D eigenvalue weighted by Crippen LogP contribution is -2.46. The van der Waals surface area contributed by atoms with Gasteiger partial charge in [-0.2, -0.15) is 0 Å². The number of pyridine rings is 1. The van der Waals surface area contributed by atoms with Crippen molar-refractivity contribution in [1.82, 2.24) is 9.88 Å². The van der Waals surface area contributed by atoms with Gasteiger partial charge in [0.2, 0.25) is 0 Å². The van der Waals surface area contributed by atoms with Gasteiger partial charge in [0.05, 0.1) is 24.6 Å². The molecular formula is C33H36N4O2.